The van der Waals surface area contributed by atoms with Crippen LogP contribution in [0.15, 0.2) is 36.4 Å². The lowest BCUT2D eigenvalue weighted by molar-refractivity contribution is 0.0697. The predicted octanol–water partition coefficient (Wildman–Crippen LogP) is 3.08. The van der Waals surface area contributed by atoms with Crippen molar-refractivity contribution in [2.45, 2.75) is 6.92 Å². The summed E-state index contributed by atoms with van der Waals surface area (Å²) in [6.45, 7) is 1.90. The molecule has 3 rings (SSSR count). The van der Waals surface area contributed by atoms with E-state index in [0.29, 0.717) is 10.5 Å². The summed E-state index contributed by atoms with van der Waals surface area (Å²) in [5.74, 6) is -0.986. The van der Waals surface area contributed by atoms with E-state index in [9.17, 15) is 4.79 Å². The summed E-state index contributed by atoms with van der Waals surface area (Å²) in [5.41, 5.74) is 3.17. The molecular formula is C14H10ClN3O2. The van der Waals surface area contributed by atoms with E-state index in [2.05, 4.69) is 10.3 Å². The molecule has 0 fully saturated rings. The number of aromatic nitrogens is 3. The van der Waals surface area contributed by atoms with Crippen molar-refractivity contribution in [2.24, 2.45) is 0 Å². The maximum Gasteiger partial charge on any atom is 0.335 e. The molecule has 5 nitrogen and oxygen atoms in total. The Morgan fingerprint density at radius 1 is 1.30 bits per heavy atom. The lowest BCUT2D eigenvalue weighted by atomic mass is 10.1. The SMILES string of the molecule is Cc1c(Cl)cccc1-n1nnc2cc(C(=O)O)ccc21. The van der Waals surface area contributed by atoms with Crippen molar-refractivity contribution in [3.63, 3.8) is 0 Å². The molecule has 0 saturated carbocycles. The van der Waals surface area contributed by atoms with E-state index >= 15 is 0 Å². The molecule has 0 amide bonds. The largest absolute Gasteiger partial charge is 0.478 e. The number of aromatic carboxylic acids is 1. The Morgan fingerprint density at radius 3 is 2.85 bits per heavy atom. The van der Waals surface area contributed by atoms with Gasteiger partial charge in [0, 0.05) is 5.02 Å². The molecule has 2 aromatic carbocycles. The maximum absolute atomic E-state index is 10.9. The van der Waals surface area contributed by atoms with Crippen molar-refractivity contribution in [3.05, 3.63) is 52.5 Å². The molecule has 0 bridgehead atoms. The molecule has 3 aromatic rings. The zero-order chi connectivity index (χ0) is 14.3. The monoisotopic (exact) mass is 287 g/mol. The molecule has 6 heteroatoms. The summed E-state index contributed by atoms with van der Waals surface area (Å²) in [5, 5.41) is 17.7. The highest BCUT2D eigenvalue weighted by Crippen LogP contribution is 2.24. The van der Waals surface area contributed by atoms with Gasteiger partial charge < -0.3 is 5.11 Å². The van der Waals surface area contributed by atoms with Crippen LogP contribution in [0.4, 0.5) is 0 Å². The number of carboxylic acids is 1. The summed E-state index contributed by atoms with van der Waals surface area (Å²) in [4.78, 5) is 10.9. The minimum Gasteiger partial charge on any atom is -0.478 e. The Bertz CT molecular complexity index is 826. The first kappa shape index (κ1) is 12.6. The van der Waals surface area contributed by atoms with Gasteiger partial charge in [-0.05, 0) is 42.8 Å². The second kappa shape index (κ2) is 4.61. The second-order valence-corrected chi connectivity index (χ2v) is 4.80. The van der Waals surface area contributed by atoms with Gasteiger partial charge in [0.05, 0.1) is 16.8 Å². The van der Waals surface area contributed by atoms with Crippen LogP contribution in [0.25, 0.3) is 16.7 Å². The zero-order valence-corrected chi connectivity index (χ0v) is 11.3. The fraction of sp³-hybridized carbons (Fsp3) is 0.0714. The summed E-state index contributed by atoms with van der Waals surface area (Å²) >= 11 is 6.11. The number of fused-ring (bicyclic) bond motifs is 1. The van der Waals surface area contributed by atoms with Crippen molar-refractivity contribution in [2.75, 3.05) is 0 Å². The fourth-order valence-corrected chi connectivity index (χ4v) is 2.23. The highest BCUT2D eigenvalue weighted by Gasteiger charge is 2.12. The molecule has 0 saturated heterocycles. The smallest absolute Gasteiger partial charge is 0.335 e. The van der Waals surface area contributed by atoms with Crippen LogP contribution in [0.5, 0.6) is 0 Å². The standard InChI is InChI=1S/C14H10ClN3O2/c1-8-10(15)3-2-4-12(8)18-13-6-5-9(14(19)20)7-11(13)16-17-18/h2-7H,1H3,(H,19,20). The third-order valence-corrected chi connectivity index (χ3v) is 3.57. The molecular weight excluding hydrogens is 278 g/mol. The third-order valence-electron chi connectivity index (χ3n) is 3.16. The first-order chi connectivity index (χ1) is 9.58. The second-order valence-electron chi connectivity index (χ2n) is 4.39. The zero-order valence-electron chi connectivity index (χ0n) is 10.5. The average Bonchev–Trinajstić information content (AvgIpc) is 2.84. The fourth-order valence-electron chi connectivity index (χ4n) is 2.06. The quantitative estimate of drug-likeness (QED) is 0.786. The molecule has 1 N–H and O–H groups in total. The summed E-state index contributed by atoms with van der Waals surface area (Å²) in [7, 11) is 0. The molecule has 0 atom stereocenters. The number of hydrogen-bond acceptors (Lipinski definition) is 3. The van der Waals surface area contributed by atoms with Gasteiger partial charge in [0.1, 0.15) is 5.52 Å². The van der Waals surface area contributed by atoms with Gasteiger partial charge in [-0.1, -0.05) is 22.9 Å². The molecule has 0 aliphatic rings. The lowest BCUT2D eigenvalue weighted by Crippen LogP contribution is -2.00. The van der Waals surface area contributed by atoms with Gasteiger partial charge in [-0.3, -0.25) is 0 Å². The van der Waals surface area contributed by atoms with Crippen molar-refractivity contribution < 1.29 is 9.90 Å². The van der Waals surface area contributed by atoms with Crippen LogP contribution < -0.4 is 0 Å². The number of halogens is 1. The van der Waals surface area contributed by atoms with E-state index in [1.54, 1.807) is 10.7 Å². The van der Waals surface area contributed by atoms with Gasteiger partial charge in [-0.25, -0.2) is 9.48 Å². The van der Waals surface area contributed by atoms with Gasteiger partial charge in [-0.15, -0.1) is 5.10 Å². The molecule has 1 aromatic heterocycles. The molecule has 1 heterocycles. The van der Waals surface area contributed by atoms with E-state index in [-0.39, 0.29) is 5.56 Å². The third kappa shape index (κ3) is 1.92. The summed E-state index contributed by atoms with van der Waals surface area (Å²) in [6.07, 6.45) is 0. The highest BCUT2D eigenvalue weighted by atomic mass is 35.5. The minimum absolute atomic E-state index is 0.187. The van der Waals surface area contributed by atoms with Crippen LogP contribution in [-0.2, 0) is 0 Å². The van der Waals surface area contributed by atoms with Crippen molar-refractivity contribution in [3.8, 4) is 5.69 Å². The molecule has 0 spiro atoms. The Balaban J connectivity index is 2.23. The topological polar surface area (TPSA) is 68.0 Å². The molecule has 20 heavy (non-hydrogen) atoms. The van der Waals surface area contributed by atoms with E-state index in [4.69, 9.17) is 16.7 Å². The van der Waals surface area contributed by atoms with E-state index in [1.165, 1.54) is 12.1 Å². The van der Waals surface area contributed by atoms with Gasteiger partial charge in [0.25, 0.3) is 0 Å². The molecule has 0 aliphatic carbocycles. The average molecular weight is 288 g/mol. The van der Waals surface area contributed by atoms with Crippen molar-refractivity contribution >= 4 is 28.6 Å². The van der Waals surface area contributed by atoms with Crippen LogP contribution in [0.3, 0.4) is 0 Å². The Morgan fingerprint density at radius 2 is 2.10 bits per heavy atom. The first-order valence-corrected chi connectivity index (χ1v) is 6.30. The van der Waals surface area contributed by atoms with E-state index in [1.807, 2.05) is 25.1 Å². The Labute approximate surface area is 119 Å². The van der Waals surface area contributed by atoms with E-state index in [0.717, 1.165) is 16.8 Å². The number of nitrogens with zero attached hydrogens (tertiary/aromatic N) is 3. The summed E-state index contributed by atoms with van der Waals surface area (Å²) < 4.78 is 1.65. The van der Waals surface area contributed by atoms with Crippen LogP contribution in [0.2, 0.25) is 5.02 Å². The van der Waals surface area contributed by atoms with E-state index < -0.39 is 5.97 Å². The minimum atomic E-state index is -0.986. The molecule has 100 valence electrons. The normalized spacial score (nSPS) is 10.9. The van der Waals surface area contributed by atoms with Gasteiger partial charge in [0.15, 0.2) is 0 Å². The number of benzene rings is 2. The predicted molar refractivity (Wildman–Crippen MR) is 75.6 cm³/mol. The maximum atomic E-state index is 10.9. The number of carbonyl (C=O) groups is 1. The van der Waals surface area contributed by atoms with Crippen LogP contribution in [0.1, 0.15) is 15.9 Å². The first-order valence-electron chi connectivity index (χ1n) is 5.92. The lowest BCUT2D eigenvalue weighted by Gasteiger charge is -2.07. The highest BCUT2D eigenvalue weighted by molar-refractivity contribution is 6.31. The van der Waals surface area contributed by atoms with Crippen molar-refractivity contribution in [1.29, 1.82) is 0 Å². The number of rotatable bonds is 2. The van der Waals surface area contributed by atoms with Crippen LogP contribution >= 0.6 is 11.6 Å². The number of carboxylic acid groups (broad SMARTS) is 1. The molecule has 0 radical (unpaired) electrons. The van der Waals surface area contributed by atoms with Crippen LogP contribution in [-0.4, -0.2) is 26.1 Å². The Hall–Kier alpha value is -2.40. The Kier molecular flexibility index (Phi) is 2.91. The van der Waals surface area contributed by atoms with Gasteiger partial charge in [-0.2, -0.15) is 0 Å². The van der Waals surface area contributed by atoms with Gasteiger partial charge in [0.2, 0.25) is 0 Å². The van der Waals surface area contributed by atoms with Crippen molar-refractivity contribution in [1.82, 2.24) is 15.0 Å². The molecule has 0 unspecified atom stereocenters. The van der Waals surface area contributed by atoms with Gasteiger partial charge >= 0.3 is 5.97 Å². The summed E-state index contributed by atoms with van der Waals surface area (Å²) in [6, 6.07) is 10.3. The number of hydrogen-bond donors (Lipinski definition) is 1. The van der Waals surface area contributed by atoms with Crippen LogP contribution in [0, 0.1) is 6.92 Å². The molecule has 0 aliphatic heterocycles.